The lowest BCUT2D eigenvalue weighted by molar-refractivity contribution is -0.121. The number of aryl methyl sites for hydroxylation is 1. The van der Waals surface area contributed by atoms with Crippen molar-refractivity contribution in [3.8, 4) is 0 Å². The Morgan fingerprint density at radius 2 is 1.72 bits per heavy atom. The summed E-state index contributed by atoms with van der Waals surface area (Å²) in [5.41, 5.74) is 1.44. The van der Waals surface area contributed by atoms with Crippen molar-refractivity contribution in [1.82, 2.24) is 10.2 Å². The second kappa shape index (κ2) is 11.2. The summed E-state index contributed by atoms with van der Waals surface area (Å²) < 4.78 is 20.1. The lowest BCUT2D eigenvalue weighted by Gasteiger charge is -2.32. The van der Waals surface area contributed by atoms with Crippen molar-refractivity contribution in [2.75, 3.05) is 9.80 Å². The quantitative estimate of drug-likeness (QED) is 0.133. The minimum absolute atomic E-state index is 0.0854. The minimum Gasteiger partial charge on any atom is -0.450 e. The van der Waals surface area contributed by atoms with Gasteiger partial charge in [-0.15, -0.1) is 10.2 Å². The molecule has 1 spiro atoms. The van der Waals surface area contributed by atoms with Crippen molar-refractivity contribution in [2.45, 2.75) is 29.1 Å². The highest BCUT2D eigenvalue weighted by atomic mass is 35.5. The van der Waals surface area contributed by atoms with Crippen LogP contribution >= 0.6 is 34.7 Å². The van der Waals surface area contributed by atoms with E-state index in [-0.39, 0.29) is 39.8 Å². The molecule has 8 nitrogen and oxygen atoms in total. The molecular formula is C35H22ClFN4O4S2. The summed E-state index contributed by atoms with van der Waals surface area (Å²) in [5.74, 6) is -1.25. The molecule has 12 heteroatoms. The number of nitrogens with zero attached hydrogens (tertiary/aromatic N) is 4. The number of hydrogen-bond donors (Lipinski definition) is 0. The third kappa shape index (κ3) is 4.52. The number of hydrogen-bond acceptors (Lipinski definition) is 8. The van der Waals surface area contributed by atoms with Gasteiger partial charge in [-0.25, -0.2) is 4.39 Å². The van der Waals surface area contributed by atoms with Crippen LogP contribution in [0.5, 0.6) is 0 Å². The molecule has 0 fully saturated rings. The molecule has 2 aliphatic rings. The second-order valence-corrected chi connectivity index (χ2v) is 13.8. The summed E-state index contributed by atoms with van der Waals surface area (Å²) in [5, 5.41) is 9.30. The van der Waals surface area contributed by atoms with E-state index in [1.54, 1.807) is 35.2 Å². The molecule has 0 bridgehead atoms. The summed E-state index contributed by atoms with van der Waals surface area (Å²) in [6, 6.07) is 25.6. The number of rotatable bonds is 6. The van der Waals surface area contributed by atoms with Crippen LogP contribution in [0.3, 0.4) is 0 Å². The fourth-order valence-corrected chi connectivity index (χ4v) is 8.35. The molecule has 4 heterocycles. The van der Waals surface area contributed by atoms with E-state index in [1.807, 2.05) is 43.3 Å². The van der Waals surface area contributed by atoms with Crippen molar-refractivity contribution >= 4 is 68.3 Å². The first kappa shape index (κ1) is 29.6. The predicted molar refractivity (Wildman–Crippen MR) is 180 cm³/mol. The van der Waals surface area contributed by atoms with Crippen LogP contribution in [0.2, 0.25) is 5.02 Å². The smallest absolute Gasteiger partial charge is 0.297 e. The van der Waals surface area contributed by atoms with Crippen LogP contribution in [-0.4, -0.2) is 22.0 Å². The molecule has 232 valence electrons. The van der Waals surface area contributed by atoms with Gasteiger partial charge < -0.3 is 9.32 Å². The number of fused-ring (bicyclic) bond motifs is 5. The fraction of sp³-hybridized carbons (Fsp3) is 0.114. The van der Waals surface area contributed by atoms with Crippen LogP contribution in [0.15, 0.2) is 105 Å². The third-order valence-electron chi connectivity index (χ3n) is 8.54. The van der Waals surface area contributed by atoms with Gasteiger partial charge in [-0.2, -0.15) is 0 Å². The molecule has 47 heavy (non-hydrogen) atoms. The van der Waals surface area contributed by atoms with E-state index in [9.17, 15) is 14.0 Å². The topological polar surface area (TPSA) is 96.6 Å². The average molecular weight is 681 g/mol. The van der Waals surface area contributed by atoms with Crippen LogP contribution in [0, 0.1) is 12.7 Å². The zero-order chi connectivity index (χ0) is 32.4. The van der Waals surface area contributed by atoms with Crippen LogP contribution in [0.25, 0.3) is 11.0 Å². The Kier molecular flexibility index (Phi) is 7.01. The lowest BCUT2D eigenvalue weighted by Crippen LogP contribution is -2.53. The van der Waals surface area contributed by atoms with Gasteiger partial charge >= 0.3 is 0 Å². The van der Waals surface area contributed by atoms with Gasteiger partial charge in [0.1, 0.15) is 11.4 Å². The minimum atomic E-state index is -1.92. The van der Waals surface area contributed by atoms with Crippen LogP contribution in [-0.2, 0) is 22.6 Å². The third-order valence-corrected chi connectivity index (χ3v) is 10.9. The van der Waals surface area contributed by atoms with Gasteiger partial charge in [-0.3, -0.25) is 19.3 Å². The Bertz CT molecular complexity index is 2330. The molecule has 0 saturated carbocycles. The van der Waals surface area contributed by atoms with E-state index < -0.39 is 22.8 Å². The molecule has 0 N–H and O–H groups in total. The summed E-state index contributed by atoms with van der Waals surface area (Å²) >= 11 is 8.78. The van der Waals surface area contributed by atoms with Crippen molar-refractivity contribution < 1.29 is 18.4 Å². The molecule has 1 atom stereocenters. The second-order valence-electron chi connectivity index (χ2n) is 11.2. The Balaban J connectivity index is 1.32. The van der Waals surface area contributed by atoms with Crippen LogP contribution < -0.4 is 15.2 Å². The summed E-state index contributed by atoms with van der Waals surface area (Å²) in [6.07, 6.45) is 0. The van der Waals surface area contributed by atoms with Crippen molar-refractivity contribution in [1.29, 1.82) is 0 Å². The first-order valence-corrected chi connectivity index (χ1v) is 16.7. The number of amides is 2. The van der Waals surface area contributed by atoms with E-state index in [0.717, 1.165) is 28.0 Å². The van der Waals surface area contributed by atoms with E-state index in [2.05, 4.69) is 10.2 Å². The molecule has 8 rings (SSSR count). The van der Waals surface area contributed by atoms with Gasteiger partial charge in [0.05, 0.1) is 23.2 Å². The summed E-state index contributed by atoms with van der Waals surface area (Å²) in [6.45, 7) is 2.18. The number of halogens is 2. The van der Waals surface area contributed by atoms with Crippen molar-refractivity contribution in [3.05, 3.63) is 146 Å². The first-order valence-electron chi connectivity index (χ1n) is 14.6. The van der Waals surface area contributed by atoms with E-state index in [0.29, 0.717) is 26.4 Å². The molecule has 2 amide bonds. The normalized spacial score (nSPS) is 16.8. The van der Waals surface area contributed by atoms with E-state index in [4.69, 9.17) is 16.0 Å². The van der Waals surface area contributed by atoms with Crippen LogP contribution in [0.1, 0.15) is 38.4 Å². The first-order chi connectivity index (χ1) is 22.8. The fourth-order valence-electron chi connectivity index (χ4n) is 6.33. The Labute approximate surface area is 280 Å². The summed E-state index contributed by atoms with van der Waals surface area (Å²) in [7, 11) is 0. The molecule has 0 aliphatic carbocycles. The van der Waals surface area contributed by atoms with Gasteiger partial charge in [0, 0.05) is 16.3 Å². The molecule has 0 radical (unpaired) electrons. The Hall–Kier alpha value is -4.84. The molecule has 1 unspecified atom stereocenters. The van der Waals surface area contributed by atoms with Crippen molar-refractivity contribution in [2.24, 2.45) is 0 Å². The lowest BCUT2D eigenvalue weighted by atomic mass is 9.84. The zero-order valence-corrected chi connectivity index (χ0v) is 27.0. The van der Waals surface area contributed by atoms with Gasteiger partial charge in [0.2, 0.25) is 10.9 Å². The van der Waals surface area contributed by atoms with Gasteiger partial charge in [0.15, 0.2) is 15.3 Å². The number of benzene rings is 4. The predicted octanol–water partition coefficient (Wildman–Crippen LogP) is 7.49. The highest BCUT2D eigenvalue weighted by molar-refractivity contribution is 8.00. The number of carbonyl (C=O) groups excluding carboxylic acids is 2. The molecule has 6 aromatic rings. The van der Waals surface area contributed by atoms with Gasteiger partial charge in [0.25, 0.3) is 11.8 Å². The molecule has 0 saturated heterocycles. The standard InChI is InChI=1S/C35H22ClFN4O4S2/c1-19-6-2-3-7-21(19)17-40-26-9-5-4-8-25(26)35(32(40)44)28-29(42)24-16-22(36)12-15-27(24)45-30(28)31(43)41(35)33-38-39-34(47-33)46-18-20-10-13-23(37)14-11-20/h2-16H,17-18H2,1H3. The maximum absolute atomic E-state index is 15.1. The Morgan fingerprint density at radius 1 is 0.957 bits per heavy atom. The number of carbonyl (C=O) groups is 2. The maximum Gasteiger partial charge on any atom is 0.297 e. The van der Waals surface area contributed by atoms with E-state index in [1.165, 1.54) is 40.9 Å². The average Bonchev–Trinajstić information content (AvgIpc) is 3.71. The number of aromatic nitrogens is 2. The molecular weight excluding hydrogens is 659 g/mol. The molecule has 4 aromatic carbocycles. The molecule has 2 aromatic heterocycles. The van der Waals surface area contributed by atoms with Crippen LogP contribution in [0.4, 0.5) is 15.2 Å². The highest BCUT2D eigenvalue weighted by Crippen LogP contribution is 2.55. The molecule has 2 aliphatic heterocycles. The monoisotopic (exact) mass is 680 g/mol. The van der Waals surface area contributed by atoms with Crippen molar-refractivity contribution in [3.63, 3.8) is 0 Å². The van der Waals surface area contributed by atoms with E-state index >= 15 is 4.79 Å². The number of thioether (sulfide) groups is 1. The van der Waals surface area contributed by atoms with Gasteiger partial charge in [-0.1, -0.05) is 89.3 Å². The maximum atomic E-state index is 15.1. The number of anilines is 2. The largest absolute Gasteiger partial charge is 0.450 e. The highest BCUT2D eigenvalue weighted by Gasteiger charge is 2.66. The zero-order valence-electron chi connectivity index (χ0n) is 24.6. The summed E-state index contributed by atoms with van der Waals surface area (Å²) in [4.78, 5) is 47.0. The van der Waals surface area contributed by atoms with Gasteiger partial charge in [-0.05, 0) is 60.0 Å². The Morgan fingerprint density at radius 3 is 2.53 bits per heavy atom. The number of para-hydroxylation sites is 1. The SMILES string of the molecule is Cc1ccccc1CN1C(=O)C2(c3ccccc31)c1c(oc3ccc(Cl)cc3c1=O)C(=O)N2c1nnc(SCc2ccc(F)cc2)s1.